The van der Waals surface area contributed by atoms with Crippen molar-refractivity contribution in [2.24, 2.45) is 5.92 Å². The quantitative estimate of drug-likeness (QED) is 0.716. The molecule has 4 nitrogen and oxygen atoms in total. The van der Waals surface area contributed by atoms with E-state index in [1.807, 2.05) is 12.1 Å². The fourth-order valence-corrected chi connectivity index (χ4v) is 4.98. The van der Waals surface area contributed by atoms with E-state index in [1.54, 1.807) is 12.3 Å². The van der Waals surface area contributed by atoms with Crippen LogP contribution >= 0.6 is 0 Å². The van der Waals surface area contributed by atoms with Crippen molar-refractivity contribution in [3.8, 4) is 0 Å². The summed E-state index contributed by atoms with van der Waals surface area (Å²) in [6, 6.07) is 7.55. The van der Waals surface area contributed by atoms with Gasteiger partial charge in [-0.15, -0.1) is 0 Å². The minimum atomic E-state index is -1.34. The number of likely N-dealkylation sites (N-methyl/N-ethyl adjacent to an activating group) is 1. The highest BCUT2D eigenvalue weighted by Crippen LogP contribution is 2.41. The Kier molecular flexibility index (Phi) is 6.89. The molecule has 4 rings (SSSR count). The van der Waals surface area contributed by atoms with Crippen molar-refractivity contribution in [3.63, 3.8) is 0 Å². The molecule has 1 saturated carbocycles. The van der Waals surface area contributed by atoms with Crippen LogP contribution in [0, 0.1) is 17.6 Å². The number of rotatable bonds is 5. The maximum atomic E-state index is 14.6. The van der Waals surface area contributed by atoms with Crippen molar-refractivity contribution in [2.75, 3.05) is 39.8 Å². The molecule has 1 aliphatic carbocycles. The first-order chi connectivity index (χ1) is 15.0. The Balaban J connectivity index is 1.70. The first-order valence-corrected chi connectivity index (χ1v) is 11.3. The third-order valence-corrected chi connectivity index (χ3v) is 6.92. The molecule has 31 heavy (non-hydrogen) atoms. The van der Waals surface area contributed by atoms with E-state index in [4.69, 9.17) is 4.42 Å². The molecule has 1 aromatic heterocycles. The van der Waals surface area contributed by atoms with Gasteiger partial charge < -0.3 is 19.3 Å². The van der Waals surface area contributed by atoms with Gasteiger partial charge in [-0.05, 0) is 62.2 Å². The zero-order valence-electron chi connectivity index (χ0n) is 18.2. The molecule has 1 saturated heterocycles. The van der Waals surface area contributed by atoms with E-state index in [-0.39, 0.29) is 17.9 Å². The summed E-state index contributed by atoms with van der Waals surface area (Å²) >= 11 is 0. The number of benzene rings is 1. The number of furan rings is 1. The van der Waals surface area contributed by atoms with Crippen LogP contribution in [0.15, 0.2) is 46.6 Å². The Morgan fingerprint density at radius 2 is 1.84 bits per heavy atom. The summed E-state index contributed by atoms with van der Waals surface area (Å²) in [5.41, 5.74) is -0.572. The van der Waals surface area contributed by atoms with E-state index in [2.05, 4.69) is 16.8 Å². The largest absolute Gasteiger partial charge is 0.465 e. The Morgan fingerprint density at radius 1 is 1.10 bits per heavy atom. The lowest BCUT2D eigenvalue weighted by molar-refractivity contribution is -0.00762. The van der Waals surface area contributed by atoms with Crippen molar-refractivity contribution in [2.45, 2.75) is 37.7 Å². The van der Waals surface area contributed by atoms with E-state index >= 15 is 0 Å². The smallest absolute Gasteiger partial charge is 0.129 e. The number of nitrogens with zero attached hydrogens (tertiary/aromatic N) is 2. The molecule has 2 atom stereocenters. The summed E-state index contributed by atoms with van der Waals surface area (Å²) in [7, 11) is 2.12. The second-order valence-corrected chi connectivity index (χ2v) is 9.03. The van der Waals surface area contributed by atoms with Gasteiger partial charge in [0.2, 0.25) is 0 Å². The topological polar surface area (TPSA) is 39.9 Å². The van der Waals surface area contributed by atoms with Crippen LogP contribution in [0.3, 0.4) is 0 Å². The summed E-state index contributed by atoms with van der Waals surface area (Å²) in [6.45, 7) is 4.57. The van der Waals surface area contributed by atoms with Gasteiger partial charge >= 0.3 is 0 Å². The van der Waals surface area contributed by atoms with Gasteiger partial charge in [0.05, 0.1) is 11.9 Å². The molecule has 6 heteroatoms. The summed E-state index contributed by atoms with van der Waals surface area (Å²) in [5, 5.41) is 12.2. The Bertz CT molecular complexity index is 871. The predicted molar refractivity (Wildman–Crippen MR) is 118 cm³/mol. The fraction of sp³-hybridized carbons (Fsp3) is 0.520. The standard InChI is InChI=1S/C25H32F2N2O2/c1-28-11-13-29(14-12-28)18-20-7-3-2-6-19(16-21-8-5-15-31-21)25(20,30)17-22-23(26)9-4-10-24(22)27/h4-5,8-10,15-16,20,30H,2-3,6-7,11-14,17-18H2,1H3/b19-16-. The Labute approximate surface area is 183 Å². The number of halogens is 2. The minimum absolute atomic E-state index is 0.0411. The third kappa shape index (κ3) is 5.08. The molecule has 0 bridgehead atoms. The van der Waals surface area contributed by atoms with Crippen LogP contribution < -0.4 is 0 Å². The Morgan fingerprint density at radius 3 is 2.52 bits per heavy atom. The molecule has 2 fully saturated rings. The summed E-state index contributed by atoms with van der Waals surface area (Å²) < 4.78 is 34.7. The van der Waals surface area contributed by atoms with Crippen molar-refractivity contribution < 1.29 is 18.3 Å². The summed E-state index contributed by atoms with van der Waals surface area (Å²) in [5.74, 6) is -0.664. The average molecular weight is 431 g/mol. The zero-order chi connectivity index (χ0) is 21.8. The maximum absolute atomic E-state index is 14.6. The molecule has 168 valence electrons. The molecule has 0 radical (unpaired) electrons. The Hall–Kier alpha value is -2.02. The van der Waals surface area contributed by atoms with E-state index in [0.29, 0.717) is 12.2 Å². The third-order valence-electron chi connectivity index (χ3n) is 6.92. The molecule has 1 aliphatic heterocycles. The lowest BCUT2D eigenvalue weighted by Gasteiger charge is -2.42. The lowest BCUT2D eigenvalue weighted by atomic mass is 9.74. The van der Waals surface area contributed by atoms with Gasteiger partial charge in [-0.2, -0.15) is 0 Å². The first-order valence-electron chi connectivity index (χ1n) is 11.3. The predicted octanol–water partition coefficient (Wildman–Crippen LogP) is 4.35. The van der Waals surface area contributed by atoms with E-state index in [9.17, 15) is 13.9 Å². The molecule has 0 spiro atoms. The van der Waals surface area contributed by atoms with E-state index in [0.717, 1.165) is 57.6 Å². The van der Waals surface area contributed by atoms with Crippen molar-refractivity contribution in [3.05, 3.63) is 65.1 Å². The van der Waals surface area contributed by atoms with Crippen LogP contribution in [0.4, 0.5) is 8.78 Å². The van der Waals surface area contributed by atoms with Crippen molar-refractivity contribution in [1.82, 2.24) is 9.80 Å². The highest BCUT2D eigenvalue weighted by Gasteiger charge is 2.43. The molecule has 2 aromatic rings. The van der Waals surface area contributed by atoms with Crippen LogP contribution in [-0.2, 0) is 6.42 Å². The van der Waals surface area contributed by atoms with Crippen LogP contribution in [0.1, 0.15) is 37.0 Å². The molecule has 2 heterocycles. The molecule has 2 unspecified atom stereocenters. The second kappa shape index (κ2) is 9.63. The molecule has 1 N–H and O–H groups in total. The summed E-state index contributed by atoms with van der Waals surface area (Å²) in [4.78, 5) is 4.68. The van der Waals surface area contributed by atoms with Gasteiger partial charge in [0, 0.05) is 50.6 Å². The van der Waals surface area contributed by atoms with Crippen LogP contribution in [-0.4, -0.2) is 60.3 Å². The van der Waals surface area contributed by atoms with Crippen molar-refractivity contribution in [1.29, 1.82) is 0 Å². The number of piperazine rings is 1. The van der Waals surface area contributed by atoms with Gasteiger partial charge in [-0.25, -0.2) is 8.78 Å². The zero-order valence-corrected chi connectivity index (χ0v) is 18.2. The van der Waals surface area contributed by atoms with Gasteiger partial charge in [0.1, 0.15) is 17.4 Å². The average Bonchev–Trinajstić information content (AvgIpc) is 3.21. The highest BCUT2D eigenvalue weighted by molar-refractivity contribution is 5.51. The normalized spacial score (nSPS) is 27.5. The van der Waals surface area contributed by atoms with Crippen LogP contribution in [0.2, 0.25) is 0 Å². The first kappa shape index (κ1) is 22.2. The number of aliphatic hydroxyl groups is 1. The van der Waals surface area contributed by atoms with Gasteiger partial charge in [0.15, 0.2) is 0 Å². The highest BCUT2D eigenvalue weighted by atomic mass is 19.1. The monoisotopic (exact) mass is 430 g/mol. The fourth-order valence-electron chi connectivity index (χ4n) is 4.98. The lowest BCUT2D eigenvalue weighted by Crippen LogP contribution is -2.51. The van der Waals surface area contributed by atoms with Crippen molar-refractivity contribution >= 4 is 6.08 Å². The van der Waals surface area contributed by atoms with Crippen LogP contribution in [0.25, 0.3) is 6.08 Å². The van der Waals surface area contributed by atoms with E-state index in [1.165, 1.54) is 18.2 Å². The molecule has 0 amide bonds. The summed E-state index contributed by atoms with van der Waals surface area (Å²) in [6.07, 6.45) is 6.84. The van der Waals surface area contributed by atoms with E-state index < -0.39 is 17.2 Å². The molecule has 2 aliphatic rings. The molecular formula is C25H32F2N2O2. The van der Waals surface area contributed by atoms with Gasteiger partial charge in [0.25, 0.3) is 0 Å². The van der Waals surface area contributed by atoms with Gasteiger partial charge in [-0.1, -0.05) is 12.5 Å². The van der Waals surface area contributed by atoms with Gasteiger partial charge in [-0.3, -0.25) is 0 Å². The number of hydrogen-bond donors (Lipinski definition) is 1. The number of hydrogen-bond acceptors (Lipinski definition) is 4. The maximum Gasteiger partial charge on any atom is 0.129 e. The minimum Gasteiger partial charge on any atom is -0.465 e. The second-order valence-electron chi connectivity index (χ2n) is 9.03. The molecular weight excluding hydrogens is 398 g/mol. The van der Waals surface area contributed by atoms with Crippen LogP contribution in [0.5, 0.6) is 0 Å². The SMILES string of the molecule is CN1CCN(CC2CCCC/C(=C/c3ccco3)C2(O)Cc2c(F)cccc2F)CC1. The molecule has 1 aromatic carbocycles.